The number of carbonyl (C=O) groups is 2. The fourth-order valence-corrected chi connectivity index (χ4v) is 7.27. The van der Waals surface area contributed by atoms with E-state index in [1.54, 1.807) is 49.6 Å². The molecule has 4 aromatic rings. The summed E-state index contributed by atoms with van der Waals surface area (Å²) in [7, 11) is -1.23. The summed E-state index contributed by atoms with van der Waals surface area (Å²) in [6, 6.07) is 27.0. The molecule has 0 saturated heterocycles. The Morgan fingerprint density at radius 2 is 1.56 bits per heavy atom. The van der Waals surface area contributed by atoms with Gasteiger partial charge < -0.3 is 19.7 Å². The van der Waals surface area contributed by atoms with Crippen LogP contribution < -0.4 is 19.1 Å². The average Bonchev–Trinajstić information content (AvgIpc) is 3.09. The lowest BCUT2D eigenvalue weighted by atomic mass is 10.0. The molecule has 254 valence electrons. The molecule has 1 N–H and O–H groups in total. The first-order valence-electron chi connectivity index (χ1n) is 15.7. The molecule has 11 heteroatoms. The van der Waals surface area contributed by atoms with Gasteiger partial charge in [-0.2, -0.15) is 0 Å². The molecule has 0 radical (unpaired) electrons. The smallest absolute Gasteiger partial charge is 0.264 e. The van der Waals surface area contributed by atoms with E-state index in [9.17, 15) is 18.0 Å². The topological polar surface area (TPSA) is 105 Å². The second-order valence-electron chi connectivity index (χ2n) is 11.5. The second kappa shape index (κ2) is 16.7. The first-order valence-corrected chi connectivity index (χ1v) is 17.9. The van der Waals surface area contributed by atoms with Gasteiger partial charge in [0.2, 0.25) is 11.8 Å². The molecule has 0 fully saturated rings. The van der Waals surface area contributed by atoms with Crippen molar-refractivity contribution in [2.24, 2.45) is 0 Å². The van der Waals surface area contributed by atoms with Crippen molar-refractivity contribution >= 4 is 43.5 Å². The highest BCUT2D eigenvalue weighted by Crippen LogP contribution is 2.31. The number of halogens is 1. The molecule has 0 aromatic heterocycles. The summed E-state index contributed by atoms with van der Waals surface area (Å²) in [6.45, 7) is 5.26. The molecule has 4 rings (SSSR count). The van der Waals surface area contributed by atoms with E-state index in [0.29, 0.717) is 28.1 Å². The number of sulfonamides is 1. The van der Waals surface area contributed by atoms with Crippen molar-refractivity contribution < 1.29 is 27.5 Å². The Bertz CT molecular complexity index is 1800. The largest absolute Gasteiger partial charge is 0.497 e. The molecular formula is C37H42BrN3O6S. The monoisotopic (exact) mass is 735 g/mol. The summed E-state index contributed by atoms with van der Waals surface area (Å²) in [5, 5.41) is 3.05. The maximum Gasteiger partial charge on any atom is 0.264 e. The van der Waals surface area contributed by atoms with Crippen LogP contribution in [0.15, 0.2) is 106 Å². The van der Waals surface area contributed by atoms with Crippen molar-refractivity contribution in [3.8, 4) is 11.5 Å². The predicted octanol–water partition coefficient (Wildman–Crippen LogP) is 6.52. The van der Waals surface area contributed by atoms with Crippen molar-refractivity contribution in [1.82, 2.24) is 10.2 Å². The van der Waals surface area contributed by atoms with Crippen LogP contribution in [-0.4, -0.2) is 58.0 Å². The summed E-state index contributed by atoms with van der Waals surface area (Å²) in [5.41, 5.74) is 2.82. The summed E-state index contributed by atoms with van der Waals surface area (Å²) < 4.78 is 41.0. The van der Waals surface area contributed by atoms with Crippen LogP contribution in [0.2, 0.25) is 0 Å². The minimum absolute atomic E-state index is 0.0294. The number of hydrogen-bond donors (Lipinski definition) is 1. The van der Waals surface area contributed by atoms with E-state index < -0.39 is 28.5 Å². The molecule has 2 atom stereocenters. The van der Waals surface area contributed by atoms with Gasteiger partial charge in [0.1, 0.15) is 24.1 Å². The molecule has 0 aliphatic rings. The number of ether oxygens (including phenoxy) is 2. The highest BCUT2D eigenvalue weighted by atomic mass is 79.9. The molecule has 0 aliphatic heterocycles. The van der Waals surface area contributed by atoms with Crippen LogP contribution >= 0.6 is 15.9 Å². The Kier molecular flexibility index (Phi) is 12.7. The number of methoxy groups -OCH3 is 2. The number of benzene rings is 4. The zero-order valence-electron chi connectivity index (χ0n) is 27.9. The Hall–Kier alpha value is -4.35. The molecule has 0 saturated carbocycles. The zero-order valence-corrected chi connectivity index (χ0v) is 30.3. The SMILES string of the molecule is CC[C@H](C)NC(=O)[C@@H](Cc1ccccc1)N(Cc1cccc(OC)c1)C(=O)CN(c1ccc(C)cc1)S(=O)(=O)c1ccc(OC)c(Br)c1. The third-order valence-corrected chi connectivity index (χ3v) is 10.5. The number of rotatable bonds is 15. The zero-order chi connectivity index (χ0) is 34.8. The van der Waals surface area contributed by atoms with Crippen molar-refractivity contribution in [3.05, 3.63) is 118 Å². The molecule has 4 aromatic carbocycles. The van der Waals surface area contributed by atoms with Gasteiger partial charge in [-0.05, 0) is 89.8 Å². The van der Waals surface area contributed by atoms with Crippen LogP contribution in [0.4, 0.5) is 5.69 Å². The third kappa shape index (κ3) is 9.17. The fraction of sp³-hybridized carbons (Fsp3) is 0.297. The van der Waals surface area contributed by atoms with Gasteiger partial charge in [0.05, 0.1) is 29.3 Å². The number of carbonyl (C=O) groups excluding carboxylic acids is 2. The Morgan fingerprint density at radius 3 is 2.19 bits per heavy atom. The van der Waals surface area contributed by atoms with E-state index in [1.165, 1.54) is 24.1 Å². The average molecular weight is 737 g/mol. The van der Waals surface area contributed by atoms with Crippen LogP contribution in [0.25, 0.3) is 0 Å². The molecular weight excluding hydrogens is 694 g/mol. The van der Waals surface area contributed by atoms with Crippen LogP contribution in [0.1, 0.15) is 37.0 Å². The lowest BCUT2D eigenvalue weighted by Crippen LogP contribution is -2.54. The number of amides is 2. The number of nitrogens with one attached hydrogen (secondary N) is 1. The maximum absolute atomic E-state index is 14.7. The van der Waals surface area contributed by atoms with Gasteiger partial charge >= 0.3 is 0 Å². The predicted molar refractivity (Wildman–Crippen MR) is 192 cm³/mol. The van der Waals surface area contributed by atoms with Crippen LogP contribution in [-0.2, 0) is 32.6 Å². The van der Waals surface area contributed by atoms with Gasteiger partial charge in [0, 0.05) is 19.0 Å². The van der Waals surface area contributed by atoms with E-state index in [2.05, 4.69) is 21.2 Å². The summed E-state index contributed by atoms with van der Waals surface area (Å²) >= 11 is 3.39. The normalized spacial score (nSPS) is 12.5. The van der Waals surface area contributed by atoms with E-state index in [-0.39, 0.29) is 29.8 Å². The Morgan fingerprint density at radius 1 is 0.875 bits per heavy atom. The molecule has 2 amide bonds. The number of anilines is 1. The minimum Gasteiger partial charge on any atom is -0.497 e. The molecule has 0 aliphatic carbocycles. The molecule has 0 bridgehead atoms. The number of hydrogen-bond acceptors (Lipinski definition) is 6. The number of aryl methyl sites for hydroxylation is 1. The fourth-order valence-electron chi connectivity index (χ4n) is 5.14. The van der Waals surface area contributed by atoms with Crippen molar-refractivity contribution in [1.29, 1.82) is 0 Å². The van der Waals surface area contributed by atoms with E-state index in [0.717, 1.165) is 21.0 Å². The van der Waals surface area contributed by atoms with Gasteiger partial charge in [-0.25, -0.2) is 8.42 Å². The molecule has 0 spiro atoms. The Labute approximate surface area is 292 Å². The molecule has 48 heavy (non-hydrogen) atoms. The molecule has 0 unspecified atom stereocenters. The highest BCUT2D eigenvalue weighted by molar-refractivity contribution is 9.10. The van der Waals surface area contributed by atoms with E-state index >= 15 is 0 Å². The van der Waals surface area contributed by atoms with Gasteiger partial charge in [0.25, 0.3) is 10.0 Å². The van der Waals surface area contributed by atoms with Crippen LogP contribution in [0, 0.1) is 6.92 Å². The van der Waals surface area contributed by atoms with Crippen molar-refractivity contribution in [3.63, 3.8) is 0 Å². The van der Waals surface area contributed by atoms with E-state index in [1.807, 2.05) is 63.2 Å². The quantitative estimate of drug-likeness (QED) is 0.149. The van der Waals surface area contributed by atoms with Crippen molar-refractivity contribution in [2.75, 3.05) is 25.1 Å². The first-order chi connectivity index (χ1) is 23.0. The lowest BCUT2D eigenvalue weighted by Gasteiger charge is -2.34. The number of nitrogens with zero attached hydrogens (tertiary/aromatic N) is 2. The van der Waals surface area contributed by atoms with Crippen LogP contribution in [0.5, 0.6) is 11.5 Å². The maximum atomic E-state index is 14.7. The summed E-state index contributed by atoms with van der Waals surface area (Å²) in [6.07, 6.45) is 0.923. The first kappa shape index (κ1) is 36.5. The summed E-state index contributed by atoms with van der Waals surface area (Å²) in [5.74, 6) is 0.188. The Balaban J connectivity index is 1.83. The molecule has 0 heterocycles. The van der Waals surface area contributed by atoms with Gasteiger partial charge in [-0.1, -0.05) is 67.1 Å². The summed E-state index contributed by atoms with van der Waals surface area (Å²) in [4.78, 5) is 30.1. The van der Waals surface area contributed by atoms with Gasteiger partial charge in [0.15, 0.2) is 0 Å². The highest BCUT2D eigenvalue weighted by Gasteiger charge is 2.35. The molecule has 9 nitrogen and oxygen atoms in total. The van der Waals surface area contributed by atoms with E-state index in [4.69, 9.17) is 9.47 Å². The van der Waals surface area contributed by atoms with Crippen LogP contribution in [0.3, 0.4) is 0 Å². The van der Waals surface area contributed by atoms with Crippen molar-refractivity contribution in [2.45, 2.75) is 57.1 Å². The lowest BCUT2D eigenvalue weighted by molar-refractivity contribution is -0.140. The van der Waals surface area contributed by atoms with Gasteiger partial charge in [-0.3, -0.25) is 13.9 Å². The standard InChI is InChI=1S/C37H42BrN3O6S/c1-6-27(3)39-37(43)34(22-28-11-8-7-9-12-28)40(24-29-13-10-14-31(21-29)46-4)36(42)25-41(30-17-15-26(2)16-18-30)48(44,45)32-19-20-35(47-5)33(38)23-32/h7-21,23,27,34H,6,22,24-25H2,1-5H3,(H,39,43)/t27-,34+/m0/s1. The third-order valence-electron chi connectivity index (χ3n) is 8.07. The minimum atomic E-state index is -4.27. The second-order valence-corrected chi connectivity index (χ2v) is 14.3. The van der Waals surface area contributed by atoms with Gasteiger partial charge in [-0.15, -0.1) is 0 Å².